The minimum atomic E-state index is -1.61. The number of ether oxygens (including phenoxy) is 2. The van der Waals surface area contributed by atoms with Crippen LogP contribution in [0.3, 0.4) is 0 Å². The Morgan fingerprint density at radius 1 is 1.26 bits per heavy atom. The summed E-state index contributed by atoms with van der Waals surface area (Å²) in [5.74, 6) is -1.80. The number of alkyl carbamates (subject to hydrolysis) is 1. The van der Waals surface area contributed by atoms with Crippen molar-refractivity contribution in [1.29, 1.82) is 0 Å². The third-order valence-electron chi connectivity index (χ3n) is 7.32. The number of carboxylic acid groups (broad SMARTS) is 1. The fourth-order valence-electron chi connectivity index (χ4n) is 5.01. The molecule has 4 atom stereocenters. The molecular weight excluding hydrogens is 576 g/mol. The van der Waals surface area contributed by atoms with Gasteiger partial charge in [-0.2, -0.15) is 0 Å². The lowest BCUT2D eigenvalue weighted by molar-refractivity contribution is -0.149. The molecule has 2 aromatic rings. The van der Waals surface area contributed by atoms with Gasteiger partial charge in [-0.1, -0.05) is 52.0 Å². The largest absolute Gasteiger partial charge is 0.488 e. The first kappa shape index (κ1) is 33.4. The first-order valence-corrected chi connectivity index (χ1v) is 14.3. The van der Waals surface area contributed by atoms with Crippen LogP contribution in [0, 0.1) is 5.41 Å². The maximum absolute atomic E-state index is 14.1. The number of nitrogens with one attached hydrogen (secondary N) is 2. The third-order valence-corrected chi connectivity index (χ3v) is 7.55. The molecule has 3 amide bonds. The first-order chi connectivity index (χ1) is 20.1. The lowest BCUT2D eigenvalue weighted by atomic mass is 9.85. The predicted octanol–water partition coefficient (Wildman–Crippen LogP) is 4.84. The zero-order valence-corrected chi connectivity index (χ0v) is 25.9. The van der Waals surface area contributed by atoms with Gasteiger partial charge in [-0.25, -0.2) is 9.59 Å². The molecule has 0 spiro atoms. The molecule has 1 aromatic heterocycles. The second kappa shape index (κ2) is 13.5. The summed E-state index contributed by atoms with van der Waals surface area (Å²) in [6, 6.07) is 4.66. The molecular formula is C31H39ClN4O7. The molecule has 2 heterocycles. The molecule has 0 radical (unpaired) electrons. The zero-order valence-electron chi connectivity index (χ0n) is 25.1. The summed E-state index contributed by atoms with van der Waals surface area (Å²) in [5, 5.41) is 16.5. The maximum Gasteiger partial charge on any atom is 0.412 e. The zero-order chi connectivity index (χ0) is 32.1. The molecule has 232 valence electrons. The summed E-state index contributed by atoms with van der Waals surface area (Å²) in [4.78, 5) is 58.3. The van der Waals surface area contributed by atoms with Crippen LogP contribution in [0.1, 0.15) is 53.9 Å². The Morgan fingerprint density at radius 3 is 2.53 bits per heavy atom. The number of pyridine rings is 1. The van der Waals surface area contributed by atoms with Crippen molar-refractivity contribution in [2.24, 2.45) is 5.41 Å². The minimum absolute atomic E-state index is 0.00816. The average Bonchev–Trinajstić information content (AvgIpc) is 3.34. The monoisotopic (exact) mass is 614 g/mol. The lowest BCUT2D eigenvalue weighted by Gasteiger charge is -2.36. The Kier molecular flexibility index (Phi) is 10.4. The number of hydrogen-bond donors (Lipinski definition) is 3. The van der Waals surface area contributed by atoms with Crippen LogP contribution in [0.4, 0.5) is 4.79 Å². The van der Waals surface area contributed by atoms with Crippen LogP contribution in [0.25, 0.3) is 10.9 Å². The fourth-order valence-corrected chi connectivity index (χ4v) is 5.18. The van der Waals surface area contributed by atoms with Crippen molar-refractivity contribution < 1.29 is 33.8 Å². The molecule has 0 unspecified atom stereocenters. The number of nitrogens with zero attached hydrogens (tertiary/aromatic N) is 2. The summed E-state index contributed by atoms with van der Waals surface area (Å²) in [6.45, 7) is 15.6. The smallest absolute Gasteiger partial charge is 0.412 e. The van der Waals surface area contributed by atoms with Crippen molar-refractivity contribution in [2.45, 2.75) is 77.6 Å². The van der Waals surface area contributed by atoms with Crippen LogP contribution >= 0.6 is 11.6 Å². The van der Waals surface area contributed by atoms with Crippen LogP contribution in [-0.2, 0) is 19.1 Å². The van der Waals surface area contributed by atoms with Gasteiger partial charge in [-0.3, -0.25) is 14.6 Å². The molecule has 1 aliphatic rings. The van der Waals surface area contributed by atoms with Crippen molar-refractivity contribution in [3.8, 4) is 5.75 Å². The van der Waals surface area contributed by atoms with Crippen LogP contribution in [-0.4, -0.2) is 69.1 Å². The van der Waals surface area contributed by atoms with Crippen molar-refractivity contribution in [3.63, 3.8) is 0 Å². The molecule has 1 fully saturated rings. The molecule has 43 heavy (non-hydrogen) atoms. The van der Waals surface area contributed by atoms with Crippen LogP contribution in [0.15, 0.2) is 55.5 Å². The quantitative estimate of drug-likeness (QED) is 0.241. The Labute approximate surface area is 256 Å². The van der Waals surface area contributed by atoms with E-state index in [-0.39, 0.29) is 31.6 Å². The number of hydrogen-bond acceptors (Lipinski definition) is 7. The summed E-state index contributed by atoms with van der Waals surface area (Å²) < 4.78 is 11.4. The number of fused-ring (bicyclic) bond motifs is 1. The van der Waals surface area contributed by atoms with E-state index in [1.54, 1.807) is 58.2 Å². The molecule has 3 rings (SSSR count). The van der Waals surface area contributed by atoms with Crippen LogP contribution < -0.4 is 15.4 Å². The number of carbonyl (C=O) groups is 4. The van der Waals surface area contributed by atoms with Gasteiger partial charge < -0.3 is 30.1 Å². The topological polar surface area (TPSA) is 147 Å². The highest BCUT2D eigenvalue weighted by Crippen LogP contribution is 2.32. The van der Waals surface area contributed by atoms with E-state index in [4.69, 9.17) is 21.1 Å². The molecule has 1 saturated heterocycles. The number of amides is 3. The van der Waals surface area contributed by atoms with E-state index in [2.05, 4.69) is 28.8 Å². The number of aliphatic carboxylic acids is 1. The Balaban J connectivity index is 1.99. The van der Waals surface area contributed by atoms with Gasteiger partial charge in [-0.15, -0.1) is 6.58 Å². The van der Waals surface area contributed by atoms with Gasteiger partial charge in [0.1, 0.15) is 29.5 Å². The number of rotatable bonds is 11. The van der Waals surface area contributed by atoms with Gasteiger partial charge in [0, 0.05) is 23.0 Å². The molecule has 12 heteroatoms. The highest BCUT2D eigenvalue weighted by molar-refractivity contribution is 6.31. The van der Waals surface area contributed by atoms with Crippen molar-refractivity contribution in [3.05, 3.63) is 60.5 Å². The number of likely N-dealkylation sites (tertiary alicyclic amines) is 1. The van der Waals surface area contributed by atoms with Gasteiger partial charge in [0.15, 0.2) is 0 Å². The number of halogens is 1. The highest BCUT2D eigenvalue weighted by Gasteiger charge is 2.48. The number of aromatic nitrogens is 1. The molecule has 1 aromatic carbocycles. The van der Waals surface area contributed by atoms with Crippen molar-refractivity contribution >= 4 is 46.4 Å². The summed E-state index contributed by atoms with van der Waals surface area (Å²) in [6.07, 6.45) is 1.62. The number of carboxylic acids is 1. The molecule has 11 nitrogen and oxygen atoms in total. The molecule has 0 aliphatic carbocycles. The van der Waals surface area contributed by atoms with Crippen LogP contribution in [0.5, 0.6) is 5.75 Å². The standard InChI is InChI=1S/C31H39ClN4O7/c1-8-13-31(9-2,28(39)40)35-26(37)23-16-20(43-24-12-14-33-22-15-19(32)10-11-21(22)24)17-36(23)27(38)25(30(5,6)7)34-29(41)42-18(3)4/h8,10-12,14-15,20,23,25H,1,3,9,13,16-17H2,2,4-7H3,(H,34,41)(H,35,37)(H,39,40)/t20-,23+,25-,31-/m1/s1. The van der Waals surface area contributed by atoms with Gasteiger partial charge in [0.2, 0.25) is 11.8 Å². The summed E-state index contributed by atoms with van der Waals surface area (Å²) in [7, 11) is 0. The van der Waals surface area contributed by atoms with Gasteiger partial charge in [-0.05, 0) is 49.4 Å². The van der Waals surface area contributed by atoms with E-state index >= 15 is 0 Å². The van der Waals surface area contributed by atoms with E-state index < -0.39 is 53.0 Å². The second-order valence-corrected chi connectivity index (χ2v) is 12.1. The van der Waals surface area contributed by atoms with Crippen molar-refractivity contribution in [1.82, 2.24) is 20.5 Å². The maximum atomic E-state index is 14.1. The number of allylic oxidation sites excluding steroid dienone is 1. The van der Waals surface area contributed by atoms with E-state index in [1.165, 1.54) is 17.9 Å². The normalized spacial score (nSPS) is 18.7. The third kappa shape index (κ3) is 7.84. The Morgan fingerprint density at radius 2 is 1.95 bits per heavy atom. The van der Waals surface area contributed by atoms with E-state index in [1.807, 2.05) is 0 Å². The molecule has 0 saturated carbocycles. The predicted molar refractivity (Wildman–Crippen MR) is 163 cm³/mol. The highest BCUT2D eigenvalue weighted by atomic mass is 35.5. The molecule has 3 N–H and O–H groups in total. The Bertz CT molecular complexity index is 1420. The first-order valence-electron chi connectivity index (χ1n) is 13.9. The van der Waals surface area contributed by atoms with E-state index in [0.29, 0.717) is 21.7 Å². The van der Waals surface area contributed by atoms with E-state index in [0.717, 1.165) is 0 Å². The SMILES string of the molecule is C=CC[C@@](CC)(NC(=O)[C@@H]1C[C@@H](Oc2ccnc3cc(Cl)ccc23)CN1C(=O)[C@@H](NC(=O)OC(=C)C)C(C)(C)C)C(=O)O. The average molecular weight is 615 g/mol. The molecule has 1 aliphatic heterocycles. The lowest BCUT2D eigenvalue weighted by Crippen LogP contribution is -2.61. The fraction of sp³-hybridized carbons (Fsp3) is 0.452. The number of benzene rings is 1. The van der Waals surface area contributed by atoms with Gasteiger partial charge >= 0.3 is 12.1 Å². The number of carbonyl (C=O) groups excluding carboxylic acids is 3. The summed E-state index contributed by atoms with van der Waals surface area (Å²) >= 11 is 6.13. The summed E-state index contributed by atoms with van der Waals surface area (Å²) in [5.41, 5.74) is -1.79. The van der Waals surface area contributed by atoms with Crippen molar-refractivity contribution in [2.75, 3.05) is 6.54 Å². The Hall–Kier alpha value is -4.12. The van der Waals surface area contributed by atoms with Gasteiger partial charge in [0.05, 0.1) is 17.8 Å². The van der Waals surface area contributed by atoms with E-state index in [9.17, 15) is 24.3 Å². The van der Waals surface area contributed by atoms with Gasteiger partial charge in [0.25, 0.3) is 0 Å². The van der Waals surface area contributed by atoms with Crippen LogP contribution in [0.2, 0.25) is 5.02 Å². The minimum Gasteiger partial charge on any atom is -0.488 e. The molecule has 0 bridgehead atoms. The second-order valence-electron chi connectivity index (χ2n) is 11.7.